The lowest BCUT2D eigenvalue weighted by Gasteiger charge is -2.07. The van der Waals surface area contributed by atoms with Crippen LogP contribution in [0.5, 0.6) is 0 Å². The van der Waals surface area contributed by atoms with Gasteiger partial charge in [-0.15, -0.1) is 11.3 Å². The van der Waals surface area contributed by atoms with Crippen molar-refractivity contribution in [3.8, 4) is 0 Å². The van der Waals surface area contributed by atoms with Gasteiger partial charge in [-0.25, -0.2) is 4.98 Å². The van der Waals surface area contributed by atoms with Crippen LogP contribution in [0.1, 0.15) is 4.88 Å². The van der Waals surface area contributed by atoms with Crippen LogP contribution in [0.3, 0.4) is 0 Å². The third-order valence-corrected chi connectivity index (χ3v) is 4.52. The molecule has 0 unspecified atom stereocenters. The Labute approximate surface area is 135 Å². The van der Waals surface area contributed by atoms with Crippen molar-refractivity contribution in [2.45, 2.75) is 6.54 Å². The number of hydrazone groups is 1. The molecule has 0 saturated heterocycles. The van der Waals surface area contributed by atoms with Crippen LogP contribution in [0.2, 0.25) is 0 Å². The van der Waals surface area contributed by atoms with Gasteiger partial charge in [0, 0.05) is 12.4 Å². The minimum atomic E-state index is 0.673. The molecule has 0 atom stereocenters. The van der Waals surface area contributed by atoms with Gasteiger partial charge in [-0.05, 0) is 40.2 Å². The zero-order valence-corrected chi connectivity index (χ0v) is 13.5. The number of imidazole rings is 1. The number of halogens is 1. The molecule has 1 aromatic carbocycles. The SMILES string of the molecule is Brc1ccc(/C(Cn2ccnc2)=N/Nc2ccccc2)s1. The van der Waals surface area contributed by atoms with Crippen molar-refractivity contribution < 1.29 is 0 Å². The van der Waals surface area contributed by atoms with E-state index in [1.165, 1.54) is 0 Å². The van der Waals surface area contributed by atoms with Crippen molar-refractivity contribution in [3.05, 3.63) is 69.8 Å². The number of nitrogens with zero attached hydrogens (tertiary/aromatic N) is 3. The largest absolute Gasteiger partial charge is 0.331 e. The minimum absolute atomic E-state index is 0.673. The van der Waals surface area contributed by atoms with E-state index in [4.69, 9.17) is 0 Å². The Bertz CT molecular complexity index is 719. The summed E-state index contributed by atoms with van der Waals surface area (Å²) in [6.45, 7) is 0.673. The minimum Gasteiger partial charge on any atom is -0.331 e. The highest BCUT2D eigenvalue weighted by molar-refractivity contribution is 9.11. The number of rotatable bonds is 5. The van der Waals surface area contributed by atoms with Gasteiger partial charge in [0.1, 0.15) is 0 Å². The average Bonchev–Trinajstić information content (AvgIpc) is 3.16. The second-order valence-electron chi connectivity index (χ2n) is 4.38. The van der Waals surface area contributed by atoms with Crippen molar-refractivity contribution >= 4 is 38.7 Å². The van der Waals surface area contributed by atoms with Crippen LogP contribution in [-0.4, -0.2) is 15.3 Å². The predicted molar refractivity (Wildman–Crippen MR) is 90.8 cm³/mol. The Balaban J connectivity index is 1.84. The molecule has 106 valence electrons. The molecule has 0 bridgehead atoms. The smallest absolute Gasteiger partial charge is 0.0976 e. The molecule has 0 aliphatic heterocycles. The number of hydrogen-bond acceptors (Lipinski definition) is 4. The van der Waals surface area contributed by atoms with E-state index in [0.717, 1.165) is 20.1 Å². The van der Waals surface area contributed by atoms with Gasteiger partial charge in [0.25, 0.3) is 0 Å². The first-order valence-corrected chi connectivity index (χ1v) is 8.01. The number of benzene rings is 1. The summed E-state index contributed by atoms with van der Waals surface area (Å²) in [7, 11) is 0. The molecule has 0 fully saturated rings. The van der Waals surface area contributed by atoms with Crippen LogP contribution in [0.4, 0.5) is 5.69 Å². The van der Waals surface area contributed by atoms with Gasteiger partial charge in [-0.3, -0.25) is 5.43 Å². The molecule has 3 rings (SSSR count). The fraction of sp³-hybridized carbons (Fsp3) is 0.0667. The van der Waals surface area contributed by atoms with Crippen LogP contribution in [0.25, 0.3) is 0 Å². The summed E-state index contributed by atoms with van der Waals surface area (Å²) in [5, 5.41) is 4.56. The maximum absolute atomic E-state index is 4.56. The summed E-state index contributed by atoms with van der Waals surface area (Å²) >= 11 is 5.16. The number of thiophene rings is 1. The zero-order chi connectivity index (χ0) is 14.5. The molecule has 2 aromatic heterocycles. The first-order chi connectivity index (χ1) is 10.3. The zero-order valence-electron chi connectivity index (χ0n) is 11.1. The highest BCUT2D eigenvalue weighted by atomic mass is 79.9. The summed E-state index contributed by atoms with van der Waals surface area (Å²) in [4.78, 5) is 5.20. The van der Waals surface area contributed by atoms with Crippen molar-refractivity contribution in [1.29, 1.82) is 0 Å². The van der Waals surface area contributed by atoms with Crippen LogP contribution in [0, 0.1) is 0 Å². The number of nitrogens with one attached hydrogen (secondary N) is 1. The Morgan fingerprint density at radius 3 is 2.76 bits per heavy atom. The van der Waals surface area contributed by atoms with E-state index in [2.05, 4.69) is 37.5 Å². The molecule has 0 saturated carbocycles. The van der Waals surface area contributed by atoms with Crippen LogP contribution < -0.4 is 5.43 Å². The van der Waals surface area contributed by atoms with E-state index >= 15 is 0 Å². The fourth-order valence-corrected chi connectivity index (χ4v) is 3.20. The lowest BCUT2D eigenvalue weighted by Crippen LogP contribution is -2.11. The van der Waals surface area contributed by atoms with Gasteiger partial charge in [-0.2, -0.15) is 5.10 Å². The third kappa shape index (κ3) is 3.80. The first-order valence-electron chi connectivity index (χ1n) is 6.40. The topological polar surface area (TPSA) is 42.2 Å². The Kier molecular flexibility index (Phi) is 4.47. The molecular weight excluding hydrogens is 348 g/mol. The molecule has 3 aromatic rings. The second-order valence-corrected chi connectivity index (χ2v) is 6.84. The van der Waals surface area contributed by atoms with E-state index in [1.807, 2.05) is 47.2 Å². The highest BCUT2D eigenvalue weighted by Gasteiger charge is 2.08. The number of hydrogen-bond donors (Lipinski definition) is 1. The summed E-state index contributed by atoms with van der Waals surface area (Å²) in [5.74, 6) is 0. The monoisotopic (exact) mass is 360 g/mol. The summed E-state index contributed by atoms with van der Waals surface area (Å²) < 4.78 is 3.09. The van der Waals surface area contributed by atoms with Crippen molar-refractivity contribution in [3.63, 3.8) is 0 Å². The van der Waals surface area contributed by atoms with Crippen LogP contribution in [0.15, 0.2) is 70.1 Å². The van der Waals surface area contributed by atoms with E-state index in [1.54, 1.807) is 23.9 Å². The summed E-state index contributed by atoms with van der Waals surface area (Å²) in [6.07, 6.45) is 5.49. The molecule has 1 N–H and O–H groups in total. The molecule has 21 heavy (non-hydrogen) atoms. The van der Waals surface area contributed by atoms with E-state index < -0.39 is 0 Å². The maximum Gasteiger partial charge on any atom is 0.0976 e. The van der Waals surface area contributed by atoms with Gasteiger partial charge in [0.15, 0.2) is 0 Å². The predicted octanol–water partition coefficient (Wildman–Crippen LogP) is 4.22. The van der Waals surface area contributed by atoms with E-state index in [0.29, 0.717) is 6.54 Å². The number of anilines is 1. The second kappa shape index (κ2) is 6.69. The van der Waals surface area contributed by atoms with Crippen molar-refractivity contribution in [2.75, 3.05) is 5.43 Å². The Morgan fingerprint density at radius 1 is 1.24 bits per heavy atom. The molecule has 0 aliphatic rings. The van der Waals surface area contributed by atoms with Gasteiger partial charge in [0.05, 0.1) is 32.9 Å². The van der Waals surface area contributed by atoms with Gasteiger partial charge in [-0.1, -0.05) is 18.2 Å². The van der Waals surface area contributed by atoms with E-state index in [-0.39, 0.29) is 0 Å². The standard InChI is InChI=1S/C15H13BrN4S/c16-15-7-6-14(21-15)13(10-20-9-8-17-11-20)19-18-12-4-2-1-3-5-12/h1-9,11,18H,10H2/b19-13+. The average molecular weight is 361 g/mol. The molecule has 4 nitrogen and oxygen atoms in total. The molecule has 0 aliphatic carbocycles. The Morgan fingerprint density at radius 2 is 2.10 bits per heavy atom. The first kappa shape index (κ1) is 14.0. The van der Waals surface area contributed by atoms with Gasteiger partial charge >= 0.3 is 0 Å². The molecule has 0 amide bonds. The van der Waals surface area contributed by atoms with Crippen LogP contribution in [-0.2, 0) is 6.54 Å². The summed E-state index contributed by atoms with van der Waals surface area (Å²) in [6, 6.07) is 14.0. The normalized spacial score (nSPS) is 11.6. The maximum atomic E-state index is 4.56. The summed E-state index contributed by atoms with van der Waals surface area (Å²) in [5.41, 5.74) is 5.04. The Hall–Kier alpha value is -1.92. The number of aromatic nitrogens is 2. The molecule has 0 radical (unpaired) electrons. The highest BCUT2D eigenvalue weighted by Crippen LogP contribution is 2.23. The van der Waals surface area contributed by atoms with Crippen molar-refractivity contribution in [2.24, 2.45) is 5.10 Å². The molecule has 2 heterocycles. The number of para-hydroxylation sites is 1. The molecule has 0 spiro atoms. The lowest BCUT2D eigenvalue weighted by molar-refractivity contribution is 0.849. The lowest BCUT2D eigenvalue weighted by atomic mass is 10.3. The van der Waals surface area contributed by atoms with Crippen LogP contribution >= 0.6 is 27.3 Å². The third-order valence-electron chi connectivity index (χ3n) is 2.84. The van der Waals surface area contributed by atoms with Gasteiger partial charge < -0.3 is 4.57 Å². The quantitative estimate of drug-likeness (QED) is 0.546. The fourth-order valence-electron chi connectivity index (χ4n) is 1.84. The van der Waals surface area contributed by atoms with E-state index in [9.17, 15) is 0 Å². The van der Waals surface area contributed by atoms with Gasteiger partial charge in [0.2, 0.25) is 0 Å². The molecular formula is C15H13BrN4S. The molecule has 6 heteroatoms. The van der Waals surface area contributed by atoms with Crippen molar-refractivity contribution in [1.82, 2.24) is 9.55 Å².